The molecule has 0 saturated heterocycles. The van der Waals surface area contributed by atoms with E-state index in [1.807, 2.05) is 37.3 Å². The summed E-state index contributed by atoms with van der Waals surface area (Å²) in [6, 6.07) is 14.3. The van der Waals surface area contributed by atoms with Crippen LogP contribution in [0.5, 0.6) is 5.75 Å². The predicted molar refractivity (Wildman–Crippen MR) is 74.8 cm³/mol. The molecule has 0 aliphatic carbocycles. The lowest BCUT2D eigenvalue weighted by Gasteiger charge is -2.14. The van der Waals surface area contributed by atoms with Crippen LogP contribution in [-0.4, -0.2) is 12.6 Å². The Hall–Kier alpha value is -1.87. The number of nitrogens with two attached hydrogens (primary N) is 1. The van der Waals surface area contributed by atoms with Crippen LogP contribution in [-0.2, 0) is 6.42 Å². The van der Waals surface area contributed by atoms with Crippen molar-refractivity contribution < 1.29 is 9.13 Å². The summed E-state index contributed by atoms with van der Waals surface area (Å²) in [4.78, 5) is 0. The van der Waals surface area contributed by atoms with E-state index in [4.69, 9.17) is 10.5 Å². The standard InChI is InChI=1S/C16H18FNO/c1-12-9-14(17)8-7-13(12)10-15(18)11-19-16-5-3-2-4-6-16/h2-9,15H,10-11,18H2,1H3. The van der Waals surface area contributed by atoms with Crippen LogP contribution in [0.3, 0.4) is 0 Å². The number of halogens is 1. The van der Waals surface area contributed by atoms with Crippen molar-refractivity contribution in [3.05, 3.63) is 65.5 Å². The van der Waals surface area contributed by atoms with Crippen molar-refractivity contribution in [2.24, 2.45) is 5.73 Å². The quantitative estimate of drug-likeness (QED) is 0.895. The maximum absolute atomic E-state index is 13.0. The number of rotatable bonds is 5. The number of benzene rings is 2. The summed E-state index contributed by atoms with van der Waals surface area (Å²) in [7, 11) is 0. The van der Waals surface area contributed by atoms with E-state index in [0.717, 1.165) is 16.9 Å². The molecule has 100 valence electrons. The minimum Gasteiger partial charge on any atom is -0.492 e. The van der Waals surface area contributed by atoms with E-state index in [-0.39, 0.29) is 11.9 Å². The Bertz CT molecular complexity index is 528. The maximum atomic E-state index is 13.0. The lowest BCUT2D eigenvalue weighted by molar-refractivity contribution is 0.287. The first-order chi connectivity index (χ1) is 9.15. The van der Waals surface area contributed by atoms with Gasteiger partial charge in [0.2, 0.25) is 0 Å². The normalized spacial score (nSPS) is 12.2. The molecule has 0 fully saturated rings. The molecule has 0 saturated carbocycles. The number of para-hydroxylation sites is 1. The van der Waals surface area contributed by atoms with Crippen molar-refractivity contribution >= 4 is 0 Å². The monoisotopic (exact) mass is 259 g/mol. The first-order valence-electron chi connectivity index (χ1n) is 6.33. The third kappa shape index (κ3) is 4.07. The highest BCUT2D eigenvalue weighted by atomic mass is 19.1. The Morgan fingerprint density at radius 1 is 1.16 bits per heavy atom. The van der Waals surface area contributed by atoms with E-state index >= 15 is 0 Å². The van der Waals surface area contributed by atoms with Crippen LogP contribution in [0.2, 0.25) is 0 Å². The summed E-state index contributed by atoms with van der Waals surface area (Å²) in [5, 5.41) is 0. The minimum atomic E-state index is -0.213. The van der Waals surface area contributed by atoms with Crippen LogP contribution < -0.4 is 10.5 Å². The molecule has 2 nitrogen and oxygen atoms in total. The molecule has 0 aliphatic heterocycles. The highest BCUT2D eigenvalue weighted by molar-refractivity contribution is 5.27. The molecule has 0 spiro atoms. The zero-order chi connectivity index (χ0) is 13.7. The maximum Gasteiger partial charge on any atom is 0.123 e. The topological polar surface area (TPSA) is 35.2 Å². The van der Waals surface area contributed by atoms with Crippen molar-refractivity contribution in [3.8, 4) is 5.75 Å². The highest BCUT2D eigenvalue weighted by Crippen LogP contribution is 2.13. The number of hydrogen-bond donors (Lipinski definition) is 1. The van der Waals surface area contributed by atoms with Gasteiger partial charge in [-0.2, -0.15) is 0 Å². The molecule has 2 aromatic rings. The molecule has 2 N–H and O–H groups in total. The molecule has 2 aromatic carbocycles. The lowest BCUT2D eigenvalue weighted by Crippen LogP contribution is -2.30. The van der Waals surface area contributed by atoms with Crippen LogP contribution in [0.1, 0.15) is 11.1 Å². The van der Waals surface area contributed by atoms with Gasteiger partial charge in [0.1, 0.15) is 18.2 Å². The van der Waals surface area contributed by atoms with Crippen molar-refractivity contribution in [2.75, 3.05) is 6.61 Å². The number of aryl methyl sites for hydroxylation is 1. The molecule has 0 radical (unpaired) electrons. The number of hydrogen-bond acceptors (Lipinski definition) is 2. The average Bonchev–Trinajstić information content (AvgIpc) is 2.41. The van der Waals surface area contributed by atoms with E-state index in [2.05, 4.69) is 0 Å². The lowest BCUT2D eigenvalue weighted by atomic mass is 10.0. The van der Waals surface area contributed by atoms with Gasteiger partial charge in [-0.05, 0) is 48.7 Å². The van der Waals surface area contributed by atoms with Crippen LogP contribution in [0.15, 0.2) is 48.5 Å². The predicted octanol–water partition coefficient (Wildman–Crippen LogP) is 3.08. The van der Waals surface area contributed by atoms with Gasteiger partial charge in [0.05, 0.1) is 0 Å². The molecule has 0 bridgehead atoms. The SMILES string of the molecule is Cc1cc(F)ccc1CC(N)COc1ccccc1. The molecule has 0 amide bonds. The fourth-order valence-corrected chi connectivity index (χ4v) is 1.95. The first kappa shape index (κ1) is 13.6. The zero-order valence-electron chi connectivity index (χ0n) is 11.0. The first-order valence-corrected chi connectivity index (χ1v) is 6.33. The average molecular weight is 259 g/mol. The Morgan fingerprint density at radius 2 is 1.89 bits per heavy atom. The highest BCUT2D eigenvalue weighted by Gasteiger charge is 2.08. The smallest absolute Gasteiger partial charge is 0.123 e. The second-order valence-electron chi connectivity index (χ2n) is 4.66. The summed E-state index contributed by atoms with van der Waals surface area (Å²) >= 11 is 0. The molecule has 0 aromatic heterocycles. The third-order valence-electron chi connectivity index (χ3n) is 2.99. The third-order valence-corrected chi connectivity index (χ3v) is 2.99. The molecule has 0 heterocycles. The van der Waals surface area contributed by atoms with Crippen molar-refractivity contribution in [2.45, 2.75) is 19.4 Å². The Labute approximate surface area is 113 Å². The van der Waals surface area contributed by atoms with E-state index in [1.165, 1.54) is 12.1 Å². The Balaban J connectivity index is 1.89. The van der Waals surface area contributed by atoms with Gasteiger partial charge in [-0.3, -0.25) is 0 Å². The van der Waals surface area contributed by atoms with E-state index in [0.29, 0.717) is 13.0 Å². The van der Waals surface area contributed by atoms with Gasteiger partial charge in [0.25, 0.3) is 0 Å². The number of ether oxygens (including phenoxy) is 1. The van der Waals surface area contributed by atoms with E-state index in [1.54, 1.807) is 6.07 Å². The molecule has 2 rings (SSSR count). The van der Waals surface area contributed by atoms with Gasteiger partial charge < -0.3 is 10.5 Å². The van der Waals surface area contributed by atoms with Crippen molar-refractivity contribution in [3.63, 3.8) is 0 Å². The van der Waals surface area contributed by atoms with Gasteiger partial charge in [-0.15, -0.1) is 0 Å². The summed E-state index contributed by atoms with van der Waals surface area (Å²) in [5.41, 5.74) is 8.03. The Kier molecular flexibility index (Phi) is 4.53. The fourth-order valence-electron chi connectivity index (χ4n) is 1.95. The van der Waals surface area contributed by atoms with Crippen LogP contribution in [0.4, 0.5) is 4.39 Å². The summed E-state index contributed by atoms with van der Waals surface area (Å²) in [6.07, 6.45) is 0.680. The molecular formula is C16H18FNO. The van der Waals surface area contributed by atoms with Crippen LogP contribution in [0.25, 0.3) is 0 Å². The van der Waals surface area contributed by atoms with Crippen LogP contribution in [0, 0.1) is 12.7 Å². The summed E-state index contributed by atoms with van der Waals surface area (Å²) in [6.45, 7) is 2.34. The second kappa shape index (κ2) is 6.34. The molecular weight excluding hydrogens is 241 g/mol. The molecule has 1 unspecified atom stereocenters. The second-order valence-corrected chi connectivity index (χ2v) is 4.66. The van der Waals surface area contributed by atoms with E-state index < -0.39 is 0 Å². The summed E-state index contributed by atoms with van der Waals surface area (Å²) in [5.74, 6) is 0.601. The zero-order valence-corrected chi connectivity index (χ0v) is 11.0. The largest absolute Gasteiger partial charge is 0.492 e. The molecule has 19 heavy (non-hydrogen) atoms. The van der Waals surface area contributed by atoms with Gasteiger partial charge in [-0.25, -0.2) is 4.39 Å². The Morgan fingerprint density at radius 3 is 2.58 bits per heavy atom. The van der Waals surface area contributed by atoms with Gasteiger partial charge >= 0.3 is 0 Å². The minimum absolute atomic E-state index is 0.107. The molecule has 1 atom stereocenters. The molecule has 0 aliphatic rings. The van der Waals surface area contributed by atoms with E-state index in [9.17, 15) is 4.39 Å². The van der Waals surface area contributed by atoms with Gasteiger partial charge in [-0.1, -0.05) is 24.3 Å². The van der Waals surface area contributed by atoms with Crippen molar-refractivity contribution in [1.29, 1.82) is 0 Å². The fraction of sp³-hybridized carbons (Fsp3) is 0.250. The van der Waals surface area contributed by atoms with Gasteiger partial charge in [0.15, 0.2) is 0 Å². The van der Waals surface area contributed by atoms with Crippen molar-refractivity contribution in [1.82, 2.24) is 0 Å². The van der Waals surface area contributed by atoms with Crippen LogP contribution >= 0.6 is 0 Å². The summed E-state index contributed by atoms with van der Waals surface area (Å²) < 4.78 is 18.6. The molecule has 3 heteroatoms. The van der Waals surface area contributed by atoms with Gasteiger partial charge in [0, 0.05) is 6.04 Å².